The summed E-state index contributed by atoms with van der Waals surface area (Å²) < 4.78 is 2.15. The third kappa shape index (κ3) is 4.54. The quantitative estimate of drug-likeness (QED) is 0.323. The van der Waals surface area contributed by atoms with Gasteiger partial charge in [0.2, 0.25) is 0 Å². The van der Waals surface area contributed by atoms with Gasteiger partial charge in [0.25, 0.3) is 0 Å². The minimum atomic E-state index is -0.00963. The van der Waals surface area contributed by atoms with Gasteiger partial charge in [0.05, 0.1) is 11.9 Å². The Morgan fingerprint density at radius 2 is 1.26 bits per heavy atom. The molecular weight excluding hydrogens is 416 g/mol. The molecule has 34 heavy (non-hydrogen) atoms. The van der Waals surface area contributed by atoms with Crippen molar-refractivity contribution in [3.8, 4) is 28.5 Å². The van der Waals surface area contributed by atoms with Crippen molar-refractivity contribution in [2.24, 2.45) is 0 Å². The van der Waals surface area contributed by atoms with Gasteiger partial charge in [-0.2, -0.15) is 0 Å². The van der Waals surface area contributed by atoms with Crippen LogP contribution in [0.3, 0.4) is 0 Å². The summed E-state index contributed by atoms with van der Waals surface area (Å²) in [5.74, 6) is 1.66. The van der Waals surface area contributed by atoms with Crippen LogP contribution in [-0.2, 0) is 10.8 Å². The number of pyridine rings is 1. The van der Waals surface area contributed by atoms with E-state index in [2.05, 4.69) is 115 Å². The van der Waals surface area contributed by atoms with Gasteiger partial charge < -0.3 is 0 Å². The van der Waals surface area contributed by atoms with E-state index in [0.29, 0.717) is 0 Å². The summed E-state index contributed by atoms with van der Waals surface area (Å²) >= 11 is 0. The lowest BCUT2D eigenvalue weighted by atomic mass is 9.86. The summed E-state index contributed by atoms with van der Waals surface area (Å²) in [7, 11) is 0. The minimum absolute atomic E-state index is 0.00963. The van der Waals surface area contributed by atoms with Crippen molar-refractivity contribution in [2.75, 3.05) is 0 Å². The minimum Gasteiger partial charge on any atom is -0.273 e. The van der Waals surface area contributed by atoms with Crippen LogP contribution in [0, 0.1) is 20.8 Å². The highest BCUT2D eigenvalue weighted by Crippen LogP contribution is 2.34. The SMILES string of the molecule is Cc1cc(C)c(-c2nnc(-c3ccc(C(C)(C)C)cc3)n2-c2ccc(C(C)(C)C)nc2)c(C)c1. The molecule has 0 aliphatic heterocycles. The molecule has 4 rings (SSSR count). The van der Waals surface area contributed by atoms with E-state index in [1.54, 1.807) is 0 Å². The summed E-state index contributed by atoms with van der Waals surface area (Å²) in [5, 5.41) is 9.41. The second-order valence-corrected chi connectivity index (χ2v) is 11.4. The molecule has 0 atom stereocenters. The normalized spacial score (nSPS) is 12.3. The zero-order valence-corrected chi connectivity index (χ0v) is 22.0. The van der Waals surface area contributed by atoms with Gasteiger partial charge in [0.1, 0.15) is 0 Å². The molecule has 0 aliphatic rings. The number of aryl methyl sites for hydroxylation is 3. The fourth-order valence-corrected chi connectivity index (χ4v) is 4.49. The third-order valence-corrected chi connectivity index (χ3v) is 6.35. The Labute approximate surface area is 204 Å². The maximum atomic E-state index is 4.80. The summed E-state index contributed by atoms with van der Waals surface area (Å²) in [6.07, 6.45) is 1.94. The van der Waals surface area contributed by atoms with Crippen LogP contribution in [0.1, 0.15) is 69.5 Å². The highest BCUT2D eigenvalue weighted by Gasteiger charge is 2.22. The molecule has 4 heteroatoms. The van der Waals surface area contributed by atoms with Crippen LogP contribution in [-0.4, -0.2) is 19.7 Å². The van der Waals surface area contributed by atoms with Crippen molar-refractivity contribution < 1.29 is 0 Å². The third-order valence-electron chi connectivity index (χ3n) is 6.35. The fourth-order valence-electron chi connectivity index (χ4n) is 4.49. The maximum Gasteiger partial charge on any atom is 0.169 e. The average Bonchev–Trinajstić information content (AvgIpc) is 3.16. The van der Waals surface area contributed by atoms with Crippen molar-refractivity contribution in [1.29, 1.82) is 0 Å². The van der Waals surface area contributed by atoms with Gasteiger partial charge in [-0.1, -0.05) is 83.5 Å². The van der Waals surface area contributed by atoms with Crippen LogP contribution in [0.25, 0.3) is 28.5 Å². The predicted molar refractivity (Wildman–Crippen MR) is 142 cm³/mol. The van der Waals surface area contributed by atoms with Crippen molar-refractivity contribution in [3.05, 3.63) is 82.7 Å². The lowest BCUT2D eigenvalue weighted by Gasteiger charge is -2.20. The Morgan fingerprint density at radius 3 is 1.76 bits per heavy atom. The molecule has 0 radical (unpaired) electrons. The molecule has 0 fully saturated rings. The first-order chi connectivity index (χ1) is 15.9. The van der Waals surface area contributed by atoms with Gasteiger partial charge in [0.15, 0.2) is 11.6 Å². The van der Waals surface area contributed by atoms with Crippen LogP contribution in [0.4, 0.5) is 0 Å². The summed E-state index contributed by atoms with van der Waals surface area (Å²) in [6.45, 7) is 19.7. The largest absolute Gasteiger partial charge is 0.273 e. The molecule has 4 aromatic rings. The second-order valence-electron chi connectivity index (χ2n) is 11.4. The molecule has 0 N–H and O–H groups in total. The van der Waals surface area contributed by atoms with E-state index in [-0.39, 0.29) is 10.8 Å². The molecule has 176 valence electrons. The topological polar surface area (TPSA) is 43.6 Å². The molecule has 0 saturated heterocycles. The summed E-state index contributed by atoms with van der Waals surface area (Å²) in [5.41, 5.74) is 9.20. The number of aromatic nitrogens is 4. The molecule has 4 nitrogen and oxygen atoms in total. The maximum absolute atomic E-state index is 4.80. The zero-order chi connectivity index (χ0) is 24.8. The van der Waals surface area contributed by atoms with Crippen LogP contribution in [0.5, 0.6) is 0 Å². The first kappa shape index (κ1) is 23.9. The molecule has 2 aromatic heterocycles. The molecule has 2 aromatic carbocycles. The lowest BCUT2D eigenvalue weighted by molar-refractivity contribution is 0.568. The van der Waals surface area contributed by atoms with Gasteiger partial charge in [-0.25, -0.2) is 0 Å². The van der Waals surface area contributed by atoms with Crippen molar-refractivity contribution in [1.82, 2.24) is 19.7 Å². The van der Waals surface area contributed by atoms with E-state index in [4.69, 9.17) is 15.2 Å². The number of nitrogens with zero attached hydrogens (tertiary/aromatic N) is 4. The lowest BCUT2D eigenvalue weighted by Crippen LogP contribution is -2.13. The first-order valence-electron chi connectivity index (χ1n) is 12.0. The summed E-state index contributed by atoms with van der Waals surface area (Å²) in [4.78, 5) is 4.80. The molecule has 0 amide bonds. The Balaban J connectivity index is 1.94. The van der Waals surface area contributed by atoms with E-state index in [9.17, 15) is 0 Å². The Bertz CT molecular complexity index is 1290. The van der Waals surface area contributed by atoms with E-state index in [1.165, 1.54) is 22.3 Å². The first-order valence-corrected chi connectivity index (χ1v) is 12.0. The zero-order valence-electron chi connectivity index (χ0n) is 22.0. The second kappa shape index (κ2) is 8.50. The van der Waals surface area contributed by atoms with E-state index in [0.717, 1.165) is 34.2 Å². The molecule has 0 bridgehead atoms. The molecule has 0 saturated carbocycles. The number of hydrogen-bond acceptors (Lipinski definition) is 3. The highest BCUT2D eigenvalue weighted by atomic mass is 15.3. The van der Waals surface area contributed by atoms with E-state index in [1.807, 2.05) is 6.20 Å². The van der Waals surface area contributed by atoms with Gasteiger partial charge in [-0.05, 0) is 55.0 Å². The van der Waals surface area contributed by atoms with Crippen molar-refractivity contribution in [3.63, 3.8) is 0 Å². The fraction of sp³-hybridized carbons (Fsp3) is 0.367. The molecule has 2 heterocycles. The Hall–Kier alpha value is -3.27. The standard InChI is InChI=1S/C30H36N4/c1-19-16-20(2)26(21(3)17-19)28-33-32-27(22-10-12-23(13-11-22)29(4,5)6)34(28)24-14-15-25(31-18-24)30(7,8)9/h10-18H,1-9H3. The van der Waals surface area contributed by atoms with Gasteiger partial charge >= 0.3 is 0 Å². The van der Waals surface area contributed by atoms with Crippen LogP contribution in [0.2, 0.25) is 0 Å². The number of hydrogen-bond donors (Lipinski definition) is 0. The van der Waals surface area contributed by atoms with Crippen LogP contribution >= 0.6 is 0 Å². The average molecular weight is 453 g/mol. The van der Waals surface area contributed by atoms with Gasteiger partial charge in [0, 0.05) is 22.2 Å². The summed E-state index contributed by atoms with van der Waals surface area (Å²) in [6, 6.07) is 17.3. The van der Waals surface area contributed by atoms with E-state index >= 15 is 0 Å². The Morgan fingerprint density at radius 1 is 0.676 bits per heavy atom. The Kier molecular flexibility index (Phi) is 5.97. The van der Waals surface area contributed by atoms with Gasteiger partial charge in [-0.15, -0.1) is 10.2 Å². The van der Waals surface area contributed by atoms with Crippen LogP contribution < -0.4 is 0 Å². The predicted octanol–water partition coefficient (Wildman–Crippen LogP) is 7.52. The van der Waals surface area contributed by atoms with E-state index < -0.39 is 0 Å². The molecule has 0 aliphatic carbocycles. The highest BCUT2D eigenvalue weighted by molar-refractivity contribution is 5.71. The monoisotopic (exact) mass is 452 g/mol. The molecular formula is C30H36N4. The number of benzene rings is 2. The van der Waals surface area contributed by atoms with Crippen molar-refractivity contribution in [2.45, 2.75) is 73.1 Å². The van der Waals surface area contributed by atoms with Gasteiger partial charge in [-0.3, -0.25) is 9.55 Å². The number of rotatable bonds is 3. The smallest absolute Gasteiger partial charge is 0.169 e. The molecule has 0 spiro atoms. The molecule has 0 unspecified atom stereocenters. The van der Waals surface area contributed by atoms with Crippen molar-refractivity contribution >= 4 is 0 Å². The van der Waals surface area contributed by atoms with Crippen LogP contribution in [0.15, 0.2) is 54.7 Å².